The summed E-state index contributed by atoms with van der Waals surface area (Å²) in [5.41, 5.74) is 0. The summed E-state index contributed by atoms with van der Waals surface area (Å²) in [5.74, 6) is 0. The van der Waals surface area contributed by atoms with Gasteiger partial charge in [0.05, 0.1) is 0 Å². The van der Waals surface area contributed by atoms with Crippen LogP contribution in [0, 0.1) is 0 Å². The van der Waals surface area contributed by atoms with E-state index >= 15 is 0 Å². The highest BCUT2D eigenvalue weighted by molar-refractivity contribution is 7.80. The minimum Gasteiger partial charge on any atom is -0.725 e. The van der Waals surface area contributed by atoms with E-state index in [4.69, 9.17) is 5.11 Å². The fraction of sp³-hybridized carbons (Fsp3) is 1.00. The molecule has 0 amide bonds. The molecule has 0 fully saturated rings. The molecular formula is C3H7O5S-. The summed E-state index contributed by atoms with van der Waals surface area (Å²) in [6, 6.07) is 0. The maximum absolute atomic E-state index is 9.66. The van der Waals surface area contributed by atoms with Crippen molar-refractivity contribution in [1.29, 1.82) is 0 Å². The number of aliphatic hydroxyl groups is 1. The summed E-state index contributed by atoms with van der Waals surface area (Å²) in [6.45, 7) is 1.48. The van der Waals surface area contributed by atoms with Gasteiger partial charge in [0, 0.05) is 0 Å². The molecular weight excluding hydrogens is 148 g/mol. The molecule has 1 N–H and O–H groups in total. The SMILES string of the molecule is CCC(O)OS(=O)(=O)[O-]. The molecule has 0 aromatic carbocycles. The molecule has 0 radical (unpaired) electrons. The molecule has 6 heteroatoms. The average molecular weight is 155 g/mol. The fourth-order valence-corrected chi connectivity index (χ4v) is 0.612. The Hall–Kier alpha value is -0.170. The molecule has 0 heterocycles. The quantitative estimate of drug-likeness (QED) is 0.327. The van der Waals surface area contributed by atoms with Crippen molar-refractivity contribution in [3.05, 3.63) is 0 Å². The van der Waals surface area contributed by atoms with Crippen molar-refractivity contribution in [1.82, 2.24) is 0 Å². The highest BCUT2D eigenvalue weighted by Crippen LogP contribution is 1.96. The van der Waals surface area contributed by atoms with Crippen molar-refractivity contribution in [3.8, 4) is 0 Å². The first-order valence-corrected chi connectivity index (χ1v) is 3.61. The molecule has 0 bridgehead atoms. The summed E-state index contributed by atoms with van der Waals surface area (Å²) in [7, 11) is -4.74. The van der Waals surface area contributed by atoms with E-state index in [1.165, 1.54) is 6.92 Å². The van der Waals surface area contributed by atoms with Gasteiger partial charge in [-0.2, -0.15) is 0 Å². The Morgan fingerprint density at radius 1 is 1.78 bits per heavy atom. The first-order valence-electron chi connectivity index (χ1n) is 2.28. The molecule has 1 atom stereocenters. The van der Waals surface area contributed by atoms with Gasteiger partial charge in [-0.25, -0.2) is 12.6 Å². The first-order chi connectivity index (χ1) is 3.95. The number of rotatable bonds is 3. The van der Waals surface area contributed by atoms with Crippen molar-refractivity contribution >= 4 is 10.4 Å². The molecule has 1 unspecified atom stereocenters. The highest BCUT2D eigenvalue weighted by atomic mass is 32.3. The normalized spacial score (nSPS) is 15.4. The van der Waals surface area contributed by atoms with Gasteiger partial charge in [-0.15, -0.1) is 0 Å². The predicted molar refractivity (Wildman–Crippen MR) is 27.1 cm³/mol. The number of hydrogen-bond donors (Lipinski definition) is 1. The Morgan fingerprint density at radius 2 is 2.22 bits per heavy atom. The maximum atomic E-state index is 9.66. The van der Waals surface area contributed by atoms with E-state index in [1.54, 1.807) is 0 Å². The van der Waals surface area contributed by atoms with Crippen LogP contribution in [0.4, 0.5) is 0 Å². The Labute approximate surface area is 53.2 Å². The van der Waals surface area contributed by atoms with E-state index in [-0.39, 0.29) is 6.42 Å². The summed E-state index contributed by atoms with van der Waals surface area (Å²) in [6.07, 6.45) is -1.44. The minimum absolute atomic E-state index is 0.0709. The van der Waals surface area contributed by atoms with E-state index in [1.807, 2.05) is 0 Å². The largest absolute Gasteiger partial charge is 0.725 e. The molecule has 0 spiro atoms. The van der Waals surface area contributed by atoms with Gasteiger partial charge in [0.2, 0.25) is 10.4 Å². The molecule has 0 aliphatic heterocycles. The Kier molecular flexibility index (Phi) is 3.06. The summed E-state index contributed by atoms with van der Waals surface area (Å²) >= 11 is 0. The summed E-state index contributed by atoms with van der Waals surface area (Å²) < 4.78 is 32.5. The zero-order valence-electron chi connectivity index (χ0n) is 4.77. The van der Waals surface area contributed by atoms with Crippen molar-refractivity contribution in [2.45, 2.75) is 19.6 Å². The van der Waals surface area contributed by atoms with Gasteiger partial charge in [0.1, 0.15) is 0 Å². The van der Waals surface area contributed by atoms with Crippen LogP contribution in [-0.4, -0.2) is 24.4 Å². The molecule has 0 saturated carbocycles. The van der Waals surface area contributed by atoms with Crippen LogP contribution in [0.3, 0.4) is 0 Å². The first kappa shape index (κ1) is 8.83. The Balaban J connectivity index is 3.75. The van der Waals surface area contributed by atoms with Crippen LogP contribution in [0.1, 0.15) is 13.3 Å². The second-order valence-corrected chi connectivity index (χ2v) is 2.38. The van der Waals surface area contributed by atoms with Crippen molar-refractivity contribution in [3.63, 3.8) is 0 Å². The zero-order valence-corrected chi connectivity index (χ0v) is 5.59. The van der Waals surface area contributed by atoms with Crippen LogP contribution in [0.15, 0.2) is 0 Å². The maximum Gasteiger partial charge on any atom is 0.220 e. The third-order valence-electron chi connectivity index (χ3n) is 0.578. The van der Waals surface area contributed by atoms with E-state index < -0.39 is 16.7 Å². The minimum atomic E-state index is -4.74. The highest BCUT2D eigenvalue weighted by Gasteiger charge is 2.03. The van der Waals surface area contributed by atoms with Gasteiger partial charge < -0.3 is 9.66 Å². The zero-order chi connectivity index (χ0) is 7.49. The van der Waals surface area contributed by atoms with Crippen molar-refractivity contribution < 1.29 is 22.3 Å². The predicted octanol–water partition coefficient (Wildman–Crippen LogP) is -0.808. The lowest BCUT2D eigenvalue weighted by Gasteiger charge is -2.10. The fourth-order valence-electron chi connectivity index (χ4n) is 0.204. The third-order valence-corrected chi connectivity index (χ3v) is 1.04. The lowest BCUT2D eigenvalue weighted by molar-refractivity contribution is -0.0222. The van der Waals surface area contributed by atoms with Crippen LogP contribution in [0.25, 0.3) is 0 Å². The lowest BCUT2D eigenvalue weighted by Crippen LogP contribution is -2.15. The van der Waals surface area contributed by atoms with Crippen molar-refractivity contribution in [2.75, 3.05) is 0 Å². The van der Waals surface area contributed by atoms with Gasteiger partial charge >= 0.3 is 0 Å². The van der Waals surface area contributed by atoms with Crippen molar-refractivity contribution in [2.24, 2.45) is 0 Å². The average Bonchev–Trinajstić information content (AvgIpc) is 1.62. The molecule has 5 nitrogen and oxygen atoms in total. The van der Waals surface area contributed by atoms with Crippen LogP contribution < -0.4 is 0 Å². The summed E-state index contributed by atoms with van der Waals surface area (Å²) in [5, 5.41) is 8.39. The lowest BCUT2D eigenvalue weighted by atomic mass is 10.5. The Morgan fingerprint density at radius 3 is 2.33 bits per heavy atom. The standard InChI is InChI=1S/C3H8O5S/c1-2-3(4)8-9(5,6)7/h3-4H,2H2,1H3,(H,5,6,7)/p-1. The summed E-state index contributed by atoms with van der Waals surface area (Å²) in [4.78, 5) is 0. The van der Waals surface area contributed by atoms with E-state index in [2.05, 4.69) is 4.18 Å². The van der Waals surface area contributed by atoms with Gasteiger partial charge in [0.15, 0.2) is 6.29 Å². The monoisotopic (exact) mass is 155 g/mol. The van der Waals surface area contributed by atoms with E-state index in [9.17, 15) is 13.0 Å². The second kappa shape index (κ2) is 3.11. The van der Waals surface area contributed by atoms with Gasteiger partial charge in [-0.3, -0.25) is 0 Å². The second-order valence-electron chi connectivity index (χ2n) is 1.37. The Bertz CT molecular complexity index is 159. The van der Waals surface area contributed by atoms with Gasteiger partial charge in [-0.05, 0) is 6.42 Å². The van der Waals surface area contributed by atoms with Gasteiger partial charge in [0.25, 0.3) is 0 Å². The van der Waals surface area contributed by atoms with Gasteiger partial charge in [-0.1, -0.05) is 6.92 Å². The molecule has 0 saturated heterocycles. The molecule has 0 aliphatic rings. The van der Waals surface area contributed by atoms with Crippen LogP contribution in [-0.2, 0) is 14.6 Å². The number of aliphatic hydroxyl groups excluding tert-OH is 1. The molecule has 56 valence electrons. The topological polar surface area (TPSA) is 86.7 Å². The number of hydrogen-bond acceptors (Lipinski definition) is 5. The van der Waals surface area contributed by atoms with Crippen LogP contribution in [0.2, 0.25) is 0 Å². The van der Waals surface area contributed by atoms with Crippen LogP contribution in [0.5, 0.6) is 0 Å². The molecule has 0 aliphatic carbocycles. The van der Waals surface area contributed by atoms with E-state index in [0.717, 1.165) is 0 Å². The molecule has 0 aromatic heterocycles. The van der Waals surface area contributed by atoms with E-state index in [0.29, 0.717) is 0 Å². The molecule has 9 heavy (non-hydrogen) atoms. The van der Waals surface area contributed by atoms with Crippen LogP contribution >= 0.6 is 0 Å². The smallest absolute Gasteiger partial charge is 0.220 e. The third kappa shape index (κ3) is 5.71. The molecule has 0 rings (SSSR count). The molecule has 0 aromatic rings.